The van der Waals surface area contributed by atoms with Gasteiger partial charge in [0.2, 0.25) is 0 Å². The van der Waals surface area contributed by atoms with Crippen LogP contribution < -0.4 is 10.1 Å². The number of methoxy groups -OCH3 is 1. The van der Waals surface area contributed by atoms with Crippen LogP contribution in [0.5, 0.6) is 5.75 Å². The molecule has 1 N–H and O–H groups in total. The van der Waals surface area contributed by atoms with E-state index in [1.54, 1.807) is 18.2 Å². The minimum absolute atomic E-state index is 0.158. The van der Waals surface area contributed by atoms with Gasteiger partial charge in [-0.25, -0.2) is 9.97 Å². The highest BCUT2D eigenvalue weighted by Gasteiger charge is 2.47. The SMILES string of the molecule is COc1cccc(CNC(=O)[C@@H]2Cn3ccnc3C3(CCN(C(=O)c4cnccn4)CC3)O2)c1. The molecule has 10 nitrogen and oxygen atoms in total. The summed E-state index contributed by atoms with van der Waals surface area (Å²) >= 11 is 0. The molecule has 2 aliphatic heterocycles. The van der Waals surface area contributed by atoms with Crippen molar-refractivity contribution in [3.8, 4) is 5.75 Å². The Morgan fingerprint density at radius 1 is 1.21 bits per heavy atom. The number of likely N-dealkylation sites (tertiary alicyclic amines) is 1. The van der Waals surface area contributed by atoms with Crippen molar-refractivity contribution in [2.45, 2.75) is 37.6 Å². The number of hydrogen-bond acceptors (Lipinski definition) is 7. The van der Waals surface area contributed by atoms with E-state index in [1.165, 1.54) is 18.6 Å². The summed E-state index contributed by atoms with van der Waals surface area (Å²) in [5, 5.41) is 2.98. The fourth-order valence-corrected chi connectivity index (χ4v) is 4.60. The number of piperidine rings is 1. The Labute approximate surface area is 196 Å². The highest BCUT2D eigenvalue weighted by molar-refractivity contribution is 5.92. The van der Waals surface area contributed by atoms with Crippen LogP contribution in [-0.4, -0.2) is 62.5 Å². The van der Waals surface area contributed by atoms with Crippen LogP contribution in [0.2, 0.25) is 0 Å². The van der Waals surface area contributed by atoms with Gasteiger partial charge in [0, 0.05) is 57.3 Å². The van der Waals surface area contributed by atoms with E-state index >= 15 is 0 Å². The predicted molar refractivity (Wildman–Crippen MR) is 121 cm³/mol. The molecule has 176 valence electrons. The van der Waals surface area contributed by atoms with Gasteiger partial charge >= 0.3 is 0 Å². The van der Waals surface area contributed by atoms with Gasteiger partial charge in [0.1, 0.15) is 22.9 Å². The number of carbonyl (C=O) groups excluding carboxylic acids is 2. The topological polar surface area (TPSA) is 111 Å². The highest BCUT2D eigenvalue weighted by atomic mass is 16.5. The standard InChI is InChI=1S/C24H26N6O4/c1-33-18-4-2-3-17(13-18)14-28-21(31)20-16-30-12-9-27-23(30)24(34-20)5-10-29(11-6-24)22(32)19-15-25-7-8-26-19/h2-4,7-9,12-13,15,20H,5-6,10-11,14,16H2,1H3,(H,28,31)/t20-/m0/s1. The van der Waals surface area contributed by atoms with Crippen molar-refractivity contribution in [3.05, 3.63) is 72.3 Å². The smallest absolute Gasteiger partial charge is 0.274 e. The first-order valence-corrected chi connectivity index (χ1v) is 11.2. The molecule has 1 atom stereocenters. The van der Waals surface area contributed by atoms with Gasteiger partial charge in [-0.15, -0.1) is 0 Å². The van der Waals surface area contributed by atoms with E-state index in [4.69, 9.17) is 9.47 Å². The number of amides is 2. The van der Waals surface area contributed by atoms with Gasteiger partial charge in [0.15, 0.2) is 6.10 Å². The zero-order valence-corrected chi connectivity index (χ0v) is 18.9. The van der Waals surface area contributed by atoms with Crippen LogP contribution in [0.3, 0.4) is 0 Å². The number of ether oxygens (including phenoxy) is 2. The summed E-state index contributed by atoms with van der Waals surface area (Å²) in [6.07, 6.45) is 8.54. The Morgan fingerprint density at radius 3 is 2.82 bits per heavy atom. The van der Waals surface area contributed by atoms with Gasteiger partial charge in [-0.1, -0.05) is 12.1 Å². The van der Waals surface area contributed by atoms with Crippen molar-refractivity contribution < 1.29 is 19.1 Å². The molecule has 0 aliphatic carbocycles. The van der Waals surface area contributed by atoms with Crippen molar-refractivity contribution >= 4 is 11.8 Å². The van der Waals surface area contributed by atoms with Crippen LogP contribution in [0.4, 0.5) is 0 Å². The molecule has 0 unspecified atom stereocenters. The minimum atomic E-state index is -0.723. The molecule has 5 rings (SSSR count). The summed E-state index contributed by atoms with van der Waals surface area (Å²) in [5.74, 6) is 1.20. The Kier molecular flexibility index (Phi) is 5.97. The second-order valence-electron chi connectivity index (χ2n) is 8.46. The molecule has 4 heterocycles. The highest BCUT2D eigenvalue weighted by Crippen LogP contribution is 2.40. The third-order valence-corrected chi connectivity index (χ3v) is 6.39. The molecule has 34 heavy (non-hydrogen) atoms. The second-order valence-corrected chi connectivity index (χ2v) is 8.46. The Bertz CT molecular complexity index is 1170. The lowest BCUT2D eigenvalue weighted by Gasteiger charge is -2.45. The Hall–Kier alpha value is -3.79. The zero-order valence-electron chi connectivity index (χ0n) is 18.9. The van der Waals surface area contributed by atoms with Gasteiger partial charge in [0.25, 0.3) is 11.8 Å². The van der Waals surface area contributed by atoms with E-state index in [0.717, 1.165) is 17.1 Å². The van der Waals surface area contributed by atoms with Crippen LogP contribution in [0.25, 0.3) is 0 Å². The fourth-order valence-electron chi connectivity index (χ4n) is 4.60. The maximum atomic E-state index is 13.1. The number of rotatable bonds is 5. The zero-order chi connectivity index (χ0) is 23.5. The molecular weight excluding hydrogens is 436 g/mol. The lowest BCUT2D eigenvalue weighted by molar-refractivity contribution is -0.172. The van der Waals surface area contributed by atoms with Crippen LogP contribution in [0, 0.1) is 0 Å². The molecule has 1 saturated heterocycles. The lowest BCUT2D eigenvalue weighted by Crippen LogP contribution is -2.54. The molecule has 1 aromatic carbocycles. The van der Waals surface area contributed by atoms with Crippen molar-refractivity contribution in [2.24, 2.45) is 0 Å². The predicted octanol–water partition coefficient (Wildman–Crippen LogP) is 1.53. The minimum Gasteiger partial charge on any atom is -0.497 e. The molecule has 1 fully saturated rings. The number of imidazole rings is 1. The fraction of sp³-hybridized carbons (Fsp3) is 0.375. The molecule has 0 saturated carbocycles. The van der Waals surface area contributed by atoms with E-state index in [1.807, 2.05) is 35.0 Å². The average Bonchev–Trinajstić information content (AvgIpc) is 3.38. The van der Waals surface area contributed by atoms with Gasteiger partial charge < -0.3 is 24.3 Å². The van der Waals surface area contributed by atoms with Crippen LogP contribution in [0.15, 0.2) is 55.2 Å². The van der Waals surface area contributed by atoms with Crippen molar-refractivity contribution in [3.63, 3.8) is 0 Å². The third kappa shape index (κ3) is 4.24. The van der Waals surface area contributed by atoms with Crippen molar-refractivity contribution in [1.29, 1.82) is 0 Å². The summed E-state index contributed by atoms with van der Waals surface area (Å²) < 4.78 is 13.7. The summed E-state index contributed by atoms with van der Waals surface area (Å²) in [6, 6.07) is 7.58. The first kappa shape index (κ1) is 22.0. The number of hydrogen-bond donors (Lipinski definition) is 1. The van der Waals surface area contributed by atoms with Crippen LogP contribution in [-0.2, 0) is 28.2 Å². The molecule has 0 bridgehead atoms. The van der Waals surface area contributed by atoms with E-state index < -0.39 is 11.7 Å². The summed E-state index contributed by atoms with van der Waals surface area (Å²) in [5.41, 5.74) is 0.537. The number of aromatic nitrogens is 4. The van der Waals surface area contributed by atoms with E-state index in [0.29, 0.717) is 44.7 Å². The number of fused-ring (bicyclic) bond motifs is 2. The first-order chi connectivity index (χ1) is 16.6. The van der Waals surface area contributed by atoms with E-state index in [9.17, 15) is 9.59 Å². The summed E-state index contributed by atoms with van der Waals surface area (Å²) in [6.45, 7) is 1.71. The quantitative estimate of drug-likeness (QED) is 0.612. The van der Waals surface area contributed by atoms with Crippen LogP contribution in [0.1, 0.15) is 34.7 Å². The molecule has 2 aromatic heterocycles. The van der Waals surface area contributed by atoms with E-state index in [2.05, 4.69) is 20.3 Å². The maximum Gasteiger partial charge on any atom is 0.274 e. The molecule has 0 radical (unpaired) electrons. The summed E-state index contributed by atoms with van der Waals surface area (Å²) in [4.78, 5) is 40.2. The van der Waals surface area contributed by atoms with Gasteiger partial charge in [0.05, 0.1) is 19.9 Å². The number of benzene rings is 1. The molecule has 1 spiro atoms. The van der Waals surface area contributed by atoms with Gasteiger partial charge in [-0.2, -0.15) is 0 Å². The van der Waals surface area contributed by atoms with Crippen LogP contribution >= 0.6 is 0 Å². The number of nitrogens with one attached hydrogen (secondary N) is 1. The molecular formula is C24H26N6O4. The number of nitrogens with zero attached hydrogens (tertiary/aromatic N) is 5. The largest absolute Gasteiger partial charge is 0.497 e. The Morgan fingerprint density at radius 2 is 2.06 bits per heavy atom. The normalized spacial score (nSPS) is 18.9. The van der Waals surface area contributed by atoms with Gasteiger partial charge in [-0.05, 0) is 17.7 Å². The molecule has 10 heteroatoms. The second kappa shape index (κ2) is 9.22. The maximum absolute atomic E-state index is 13.1. The Balaban J connectivity index is 1.27. The summed E-state index contributed by atoms with van der Waals surface area (Å²) in [7, 11) is 1.61. The average molecular weight is 463 g/mol. The van der Waals surface area contributed by atoms with E-state index in [-0.39, 0.29) is 11.8 Å². The van der Waals surface area contributed by atoms with Crippen molar-refractivity contribution in [2.75, 3.05) is 20.2 Å². The third-order valence-electron chi connectivity index (χ3n) is 6.39. The molecule has 2 aliphatic rings. The molecule has 2 amide bonds. The monoisotopic (exact) mass is 462 g/mol. The van der Waals surface area contributed by atoms with Gasteiger partial charge in [-0.3, -0.25) is 14.6 Å². The molecule has 3 aromatic rings. The first-order valence-electron chi connectivity index (χ1n) is 11.2. The lowest BCUT2D eigenvalue weighted by atomic mass is 9.88. The van der Waals surface area contributed by atoms with Crippen molar-refractivity contribution in [1.82, 2.24) is 29.7 Å². The number of carbonyl (C=O) groups is 2.